The van der Waals surface area contributed by atoms with Gasteiger partial charge in [-0.05, 0) is 78.3 Å². The number of amides is 1. The van der Waals surface area contributed by atoms with Crippen LogP contribution in [-0.4, -0.2) is 76.9 Å². The van der Waals surface area contributed by atoms with Crippen LogP contribution in [0.4, 0.5) is 11.5 Å². The number of carbonyl (C=O) groups is 1. The molecule has 0 saturated carbocycles. The number of benzene rings is 3. The summed E-state index contributed by atoms with van der Waals surface area (Å²) in [7, 11) is 2.15. The quantitative estimate of drug-likeness (QED) is 0.103. The van der Waals surface area contributed by atoms with Crippen LogP contribution in [-0.2, 0) is 11.3 Å². The van der Waals surface area contributed by atoms with Gasteiger partial charge in [0.05, 0.1) is 6.26 Å². The van der Waals surface area contributed by atoms with E-state index in [0.717, 1.165) is 53.0 Å². The summed E-state index contributed by atoms with van der Waals surface area (Å²) < 4.78 is 19.0. The van der Waals surface area contributed by atoms with Crippen molar-refractivity contribution in [2.45, 2.75) is 23.0 Å². The molecule has 3 aromatic carbocycles. The number of aryl methyl sites for hydroxylation is 1. The number of furan rings is 1. The second-order valence-electron chi connectivity index (χ2n) is 12.6. The molecule has 0 unspecified atom stereocenters. The van der Waals surface area contributed by atoms with E-state index in [0.29, 0.717) is 53.1 Å². The van der Waals surface area contributed by atoms with Crippen LogP contribution in [0.2, 0.25) is 0 Å². The Kier molecular flexibility index (Phi) is 9.11. The first-order valence-corrected chi connectivity index (χ1v) is 17.7. The lowest BCUT2D eigenvalue weighted by atomic mass is 10.0. The van der Waals surface area contributed by atoms with E-state index in [4.69, 9.17) is 24.6 Å². The molecule has 1 saturated heterocycles. The highest BCUT2D eigenvalue weighted by Crippen LogP contribution is 2.45. The van der Waals surface area contributed by atoms with E-state index in [1.165, 1.54) is 23.8 Å². The van der Waals surface area contributed by atoms with Crippen molar-refractivity contribution in [2.75, 3.05) is 57.2 Å². The monoisotopic (exact) mass is 713 g/mol. The van der Waals surface area contributed by atoms with Gasteiger partial charge < -0.3 is 39.3 Å². The molecule has 0 spiro atoms. The summed E-state index contributed by atoms with van der Waals surface area (Å²) in [6.45, 7) is 5.00. The molecule has 0 bridgehead atoms. The third kappa shape index (κ3) is 6.71. The maximum Gasteiger partial charge on any atom is 0.261 e. The molecule has 5 heterocycles. The van der Waals surface area contributed by atoms with Crippen LogP contribution >= 0.6 is 11.8 Å². The maximum absolute atomic E-state index is 13.2. The number of piperazine rings is 1. The van der Waals surface area contributed by atoms with Gasteiger partial charge in [-0.1, -0.05) is 30.0 Å². The minimum absolute atomic E-state index is 0.0338. The van der Waals surface area contributed by atoms with Crippen LogP contribution in [0, 0.1) is 11.3 Å². The van der Waals surface area contributed by atoms with Gasteiger partial charge in [0.15, 0.2) is 33.6 Å². The molecule has 52 heavy (non-hydrogen) atoms. The van der Waals surface area contributed by atoms with Crippen LogP contribution in [0.5, 0.6) is 11.5 Å². The Morgan fingerprint density at radius 3 is 2.65 bits per heavy atom. The van der Waals surface area contributed by atoms with Crippen LogP contribution in [0.3, 0.4) is 0 Å². The van der Waals surface area contributed by atoms with Gasteiger partial charge in [0.1, 0.15) is 23.7 Å². The van der Waals surface area contributed by atoms with E-state index < -0.39 is 5.91 Å². The molecule has 2 aliphatic heterocycles. The molecule has 8 rings (SSSR count). The standard InChI is InChI=1S/C38H35N9O4S/c1-45-11-13-46(14-12-45)28-8-7-25-16-24(5-6-26(25)18-28)17-27(21-39)37(48)41-9-3-10-47-36-34(35(40)42-22-43-36)44-38(47)52-33-20-32-31(50-23-51-32)19-29(33)30-4-2-15-49-30/h2,4-8,15-20,22H,3,9-14,23H2,1H3,(H,41,48)(H2,40,42,43)/b27-17+. The molecule has 2 aliphatic rings. The van der Waals surface area contributed by atoms with Gasteiger partial charge in [-0.2, -0.15) is 5.26 Å². The summed E-state index contributed by atoms with van der Waals surface area (Å²) in [4.78, 5) is 32.1. The number of carbonyl (C=O) groups excluding carboxylic acids is 1. The number of ether oxygens (including phenoxy) is 2. The average Bonchev–Trinajstić information content (AvgIpc) is 3.93. The van der Waals surface area contributed by atoms with Crippen LogP contribution in [0.1, 0.15) is 12.0 Å². The van der Waals surface area contributed by atoms with Crippen molar-refractivity contribution < 1.29 is 18.7 Å². The molecule has 3 aromatic heterocycles. The fourth-order valence-corrected chi connectivity index (χ4v) is 7.45. The lowest BCUT2D eigenvalue weighted by Gasteiger charge is -2.34. The summed E-state index contributed by atoms with van der Waals surface area (Å²) in [5.74, 6) is 1.77. The minimum Gasteiger partial charge on any atom is -0.464 e. The largest absolute Gasteiger partial charge is 0.464 e. The molecule has 0 atom stereocenters. The number of nitrogens with two attached hydrogens (primary N) is 1. The van der Waals surface area contributed by atoms with Crippen molar-refractivity contribution in [1.82, 2.24) is 29.7 Å². The molecular formula is C38H35N9O4S. The Balaban J connectivity index is 0.961. The first-order valence-electron chi connectivity index (χ1n) is 16.9. The summed E-state index contributed by atoms with van der Waals surface area (Å²) in [6, 6.07) is 22.0. The average molecular weight is 714 g/mol. The van der Waals surface area contributed by atoms with Crippen LogP contribution < -0.4 is 25.4 Å². The van der Waals surface area contributed by atoms with Crippen molar-refractivity contribution >= 4 is 57.2 Å². The van der Waals surface area contributed by atoms with E-state index in [9.17, 15) is 10.1 Å². The van der Waals surface area contributed by atoms with Gasteiger partial charge in [-0.3, -0.25) is 4.79 Å². The first-order chi connectivity index (χ1) is 25.4. The van der Waals surface area contributed by atoms with Gasteiger partial charge in [0.25, 0.3) is 5.91 Å². The Morgan fingerprint density at radius 2 is 1.85 bits per heavy atom. The van der Waals surface area contributed by atoms with Crippen molar-refractivity contribution in [3.8, 4) is 28.9 Å². The molecule has 6 aromatic rings. The Bertz CT molecular complexity index is 2360. The van der Waals surface area contributed by atoms with Gasteiger partial charge in [0, 0.05) is 55.4 Å². The van der Waals surface area contributed by atoms with Crippen LogP contribution in [0.25, 0.3) is 39.3 Å². The minimum atomic E-state index is -0.437. The number of nitrogen functional groups attached to an aromatic ring is 1. The zero-order chi connectivity index (χ0) is 35.6. The second-order valence-corrected chi connectivity index (χ2v) is 13.6. The number of hydrogen-bond donors (Lipinski definition) is 2. The second kappa shape index (κ2) is 14.3. The number of imidazole rings is 1. The number of anilines is 2. The molecular weight excluding hydrogens is 679 g/mol. The lowest BCUT2D eigenvalue weighted by molar-refractivity contribution is -0.117. The SMILES string of the molecule is CN1CCN(c2ccc3cc(/C=C(\C#N)C(=O)NCCCn4c(Sc5cc6c(cc5-c5ccco5)OCO6)nc5c(N)ncnc54)ccc3c2)CC1. The third-order valence-corrected chi connectivity index (χ3v) is 10.3. The van der Waals surface area contributed by atoms with Crippen molar-refractivity contribution in [3.63, 3.8) is 0 Å². The summed E-state index contributed by atoms with van der Waals surface area (Å²) >= 11 is 1.41. The number of nitrogens with one attached hydrogen (secondary N) is 1. The van der Waals surface area contributed by atoms with Gasteiger partial charge in [0.2, 0.25) is 6.79 Å². The first kappa shape index (κ1) is 33.1. The molecule has 13 nitrogen and oxygen atoms in total. The van der Waals surface area contributed by atoms with E-state index >= 15 is 0 Å². The highest BCUT2D eigenvalue weighted by atomic mass is 32.2. The van der Waals surface area contributed by atoms with Gasteiger partial charge in [-0.15, -0.1) is 0 Å². The molecule has 1 amide bonds. The number of likely N-dealkylation sites (N-methyl/N-ethyl adjacent to an activating group) is 1. The topological polar surface area (TPSA) is 161 Å². The number of rotatable bonds is 10. The van der Waals surface area contributed by atoms with E-state index in [1.54, 1.807) is 12.3 Å². The normalized spacial score (nSPS) is 14.6. The molecule has 3 N–H and O–H groups in total. The van der Waals surface area contributed by atoms with Crippen molar-refractivity contribution in [1.29, 1.82) is 5.26 Å². The Hall–Kier alpha value is -6.04. The highest BCUT2D eigenvalue weighted by Gasteiger charge is 2.23. The van der Waals surface area contributed by atoms with E-state index in [2.05, 4.69) is 56.4 Å². The maximum atomic E-state index is 13.2. The number of nitrogens with zero attached hydrogens (tertiary/aromatic N) is 7. The smallest absolute Gasteiger partial charge is 0.261 e. The number of hydrogen-bond acceptors (Lipinski definition) is 12. The Labute approximate surface area is 303 Å². The number of fused-ring (bicyclic) bond motifs is 3. The zero-order valence-corrected chi connectivity index (χ0v) is 29.2. The summed E-state index contributed by atoms with van der Waals surface area (Å²) in [6.07, 6.45) is 5.19. The highest BCUT2D eigenvalue weighted by molar-refractivity contribution is 7.99. The third-order valence-electron chi connectivity index (χ3n) is 9.22. The zero-order valence-electron chi connectivity index (χ0n) is 28.4. The van der Waals surface area contributed by atoms with Crippen molar-refractivity contribution in [2.24, 2.45) is 0 Å². The summed E-state index contributed by atoms with van der Waals surface area (Å²) in [5.41, 5.74) is 10.1. The fourth-order valence-electron chi connectivity index (χ4n) is 6.40. The molecule has 14 heteroatoms. The lowest BCUT2D eigenvalue weighted by Crippen LogP contribution is -2.44. The number of aromatic nitrogens is 4. The predicted molar refractivity (Wildman–Crippen MR) is 199 cm³/mol. The summed E-state index contributed by atoms with van der Waals surface area (Å²) in [5, 5.41) is 15.6. The molecule has 0 aliphatic carbocycles. The number of nitriles is 1. The molecule has 1 fully saturated rings. The van der Waals surface area contributed by atoms with Crippen LogP contribution in [0.15, 0.2) is 93.3 Å². The Morgan fingerprint density at radius 1 is 1.04 bits per heavy atom. The fraction of sp³-hybridized carbons (Fsp3) is 0.237. The van der Waals surface area contributed by atoms with Crippen molar-refractivity contribution in [3.05, 3.63) is 84.4 Å². The molecule has 262 valence electrons. The van der Waals surface area contributed by atoms with Gasteiger partial charge in [-0.25, -0.2) is 15.0 Å². The van der Waals surface area contributed by atoms with E-state index in [-0.39, 0.29) is 18.2 Å². The molecule has 0 radical (unpaired) electrons. The van der Waals surface area contributed by atoms with Gasteiger partial charge >= 0.3 is 0 Å². The predicted octanol–water partition coefficient (Wildman–Crippen LogP) is 5.57. The van der Waals surface area contributed by atoms with E-state index in [1.807, 2.05) is 47.0 Å².